The van der Waals surface area contributed by atoms with Crippen molar-refractivity contribution in [3.05, 3.63) is 60.0 Å². The van der Waals surface area contributed by atoms with Gasteiger partial charge in [0.25, 0.3) is 0 Å². The van der Waals surface area contributed by atoms with Crippen molar-refractivity contribution in [2.24, 2.45) is 11.3 Å². The van der Waals surface area contributed by atoms with Gasteiger partial charge < -0.3 is 14.8 Å². The molecule has 46 heavy (non-hydrogen) atoms. The summed E-state index contributed by atoms with van der Waals surface area (Å²) in [6.45, 7) is 7.04. The van der Waals surface area contributed by atoms with Crippen LogP contribution in [0.1, 0.15) is 95.2 Å². The molecule has 9 heteroatoms. The highest BCUT2D eigenvalue weighted by molar-refractivity contribution is 5.95. The lowest BCUT2D eigenvalue weighted by Gasteiger charge is -2.55. The smallest absolute Gasteiger partial charge is 0.407 e. The predicted molar refractivity (Wildman–Crippen MR) is 179 cm³/mol. The monoisotopic (exact) mass is 627 g/mol. The molecule has 9 nitrogen and oxygen atoms in total. The van der Waals surface area contributed by atoms with Gasteiger partial charge in [-0.25, -0.2) is 9.78 Å². The van der Waals surface area contributed by atoms with Crippen molar-refractivity contribution in [3.63, 3.8) is 0 Å². The van der Waals surface area contributed by atoms with Crippen LogP contribution in [0.4, 0.5) is 10.6 Å². The molecule has 2 bridgehead atoms. The number of hydrogen-bond acceptors (Lipinski definition) is 6. The summed E-state index contributed by atoms with van der Waals surface area (Å²) in [5, 5.41) is 7.08. The maximum Gasteiger partial charge on any atom is 0.407 e. The molecule has 0 radical (unpaired) electrons. The fraction of sp³-hybridized carbons (Fsp3) is 0.568. The maximum absolute atomic E-state index is 14.5. The Labute approximate surface area is 273 Å². The lowest BCUT2D eigenvalue weighted by atomic mass is 9.51. The van der Waals surface area contributed by atoms with E-state index in [1.807, 2.05) is 28.0 Å². The van der Waals surface area contributed by atoms with Crippen LogP contribution in [0.3, 0.4) is 0 Å². The Bertz CT molecular complexity index is 1530. The summed E-state index contributed by atoms with van der Waals surface area (Å²) in [6, 6.07) is 11.0. The van der Waals surface area contributed by atoms with Crippen LogP contribution in [0.5, 0.6) is 5.75 Å². The molecule has 0 aliphatic heterocycles. The van der Waals surface area contributed by atoms with Crippen molar-refractivity contribution in [1.82, 2.24) is 20.1 Å². The number of anilines is 1. The van der Waals surface area contributed by atoms with Crippen molar-refractivity contribution in [2.75, 3.05) is 25.6 Å². The first-order valence-electron chi connectivity index (χ1n) is 17.0. The fourth-order valence-electron chi connectivity index (χ4n) is 8.12. The Kier molecular flexibility index (Phi) is 9.12. The minimum absolute atomic E-state index is 0.0681. The molecule has 0 unspecified atom stereocenters. The summed E-state index contributed by atoms with van der Waals surface area (Å²) in [7, 11) is 3.30. The lowest BCUT2D eigenvalue weighted by Crippen LogP contribution is -2.52. The molecule has 4 aliphatic rings. The van der Waals surface area contributed by atoms with E-state index in [1.165, 1.54) is 11.1 Å². The number of ether oxygens (including phenoxy) is 2. The zero-order valence-electron chi connectivity index (χ0n) is 28.1. The first kappa shape index (κ1) is 32.1. The summed E-state index contributed by atoms with van der Waals surface area (Å²) < 4.78 is 13.0. The number of nitrogens with zero attached hydrogens (tertiary/aromatic N) is 4. The Morgan fingerprint density at radius 1 is 1.02 bits per heavy atom. The minimum Gasteiger partial charge on any atom is -0.496 e. The molecule has 2 heterocycles. The van der Waals surface area contributed by atoms with Gasteiger partial charge >= 0.3 is 6.09 Å². The third-order valence-corrected chi connectivity index (χ3v) is 11.2. The van der Waals surface area contributed by atoms with Gasteiger partial charge in [-0.15, -0.1) is 0 Å². The number of nitrogens with one attached hydrogen (secondary N) is 1. The summed E-state index contributed by atoms with van der Waals surface area (Å²) in [5.74, 6) is 1.67. The number of benzene rings is 1. The highest BCUT2D eigenvalue weighted by atomic mass is 16.6. The molecule has 2 amide bonds. The molecule has 4 fully saturated rings. The number of aromatic nitrogens is 3. The number of carbonyl (C=O) groups is 2. The standard InChI is InChI=1S/C37H49N5O4/c1-25(2)42-23-29(22-40-42)28-12-19-39-33(21-28)41(34(43)27-6-9-31(10-7-27)46-35(44)38-4)24-36-13-16-37(17-14-36,18-15-36)30-8-11-32(45-5)26(3)20-30/h8,11-12,19-23,25,27,31H,6-7,9-10,13-18,24H2,1-5H3,(H,38,44). The van der Waals surface area contributed by atoms with Gasteiger partial charge in [-0.05, 0) is 131 Å². The summed E-state index contributed by atoms with van der Waals surface area (Å²) >= 11 is 0. The molecular weight excluding hydrogens is 578 g/mol. The number of rotatable bonds is 9. The second-order valence-corrected chi connectivity index (χ2v) is 14.2. The number of alkyl carbamates (subject to hydrolysis) is 1. The van der Waals surface area contributed by atoms with E-state index in [2.05, 4.69) is 61.6 Å². The van der Waals surface area contributed by atoms with Crippen LogP contribution < -0.4 is 15.0 Å². The maximum atomic E-state index is 14.5. The van der Waals surface area contributed by atoms with E-state index in [1.54, 1.807) is 14.2 Å². The molecule has 4 aliphatic carbocycles. The number of pyridine rings is 1. The zero-order valence-corrected chi connectivity index (χ0v) is 28.1. The van der Waals surface area contributed by atoms with Crippen LogP contribution in [0, 0.1) is 18.3 Å². The van der Waals surface area contributed by atoms with E-state index >= 15 is 0 Å². The number of aryl methyl sites for hydroxylation is 1. The first-order valence-corrected chi connectivity index (χ1v) is 17.0. The lowest BCUT2D eigenvalue weighted by molar-refractivity contribution is -0.124. The number of methoxy groups -OCH3 is 1. The van der Waals surface area contributed by atoms with Crippen LogP contribution in [-0.4, -0.2) is 53.6 Å². The fourth-order valence-corrected chi connectivity index (χ4v) is 8.12. The Morgan fingerprint density at radius 2 is 1.74 bits per heavy atom. The number of fused-ring (bicyclic) bond motifs is 3. The molecule has 2 aromatic heterocycles. The molecule has 0 atom stereocenters. The van der Waals surface area contributed by atoms with Gasteiger partial charge in [0.2, 0.25) is 5.91 Å². The van der Waals surface area contributed by atoms with Gasteiger partial charge in [-0.3, -0.25) is 14.4 Å². The average Bonchev–Trinajstić information content (AvgIpc) is 3.59. The summed E-state index contributed by atoms with van der Waals surface area (Å²) in [6.07, 6.45) is 14.7. The van der Waals surface area contributed by atoms with Crippen molar-refractivity contribution in [3.8, 4) is 16.9 Å². The zero-order chi connectivity index (χ0) is 32.5. The molecule has 246 valence electrons. The summed E-state index contributed by atoms with van der Waals surface area (Å²) in [5.41, 5.74) is 4.91. The second-order valence-electron chi connectivity index (χ2n) is 14.2. The highest BCUT2D eigenvalue weighted by Crippen LogP contribution is 2.58. The van der Waals surface area contributed by atoms with Gasteiger partial charge in [-0.2, -0.15) is 5.10 Å². The van der Waals surface area contributed by atoms with E-state index in [4.69, 9.17) is 14.5 Å². The number of hydrogen-bond donors (Lipinski definition) is 1. The van der Waals surface area contributed by atoms with Gasteiger partial charge in [0.1, 0.15) is 17.7 Å². The van der Waals surface area contributed by atoms with E-state index in [0.717, 1.165) is 55.4 Å². The quantitative estimate of drug-likeness (QED) is 0.266. The van der Waals surface area contributed by atoms with Crippen LogP contribution in [0.15, 0.2) is 48.9 Å². The minimum atomic E-state index is -0.409. The van der Waals surface area contributed by atoms with E-state index < -0.39 is 6.09 Å². The van der Waals surface area contributed by atoms with Crippen molar-refractivity contribution in [1.29, 1.82) is 0 Å². The molecule has 1 N–H and O–H groups in total. The number of amides is 2. The van der Waals surface area contributed by atoms with E-state index in [9.17, 15) is 9.59 Å². The normalized spacial score (nSPS) is 25.7. The van der Waals surface area contributed by atoms with Crippen LogP contribution >= 0.6 is 0 Å². The van der Waals surface area contributed by atoms with Crippen LogP contribution in [0.2, 0.25) is 0 Å². The van der Waals surface area contributed by atoms with Crippen LogP contribution in [-0.2, 0) is 14.9 Å². The van der Waals surface area contributed by atoms with Crippen molar-refractivity contribution >= 4 is 17.8 Å². The molecule has 0 spiro atoms. The molecule has 4 saturated carbocycles. The largest absolute Gasteiger partial charge is 0.496 e. The Hall–Kier alpha value is -3.88. The average molecular weight is 628 g/mol. The third kappa shape index (κ3) is 6.38. The Morgan fingerprint density at radius 3 is 2.35 bits per heavy atom. The van der Waals surface area contributed by atoms with Crippen molar-refractivity contribution < 1.29 is 19.1 Å². The van der Waals surface area contributed by atoms with Gasteiger partial charge in [0.05, 0.1) is 13.3 Å². The highest BCUT2D eigenvalue weighted by Gasteiger charge is 2.51. The third-order valence-electron chi connectivity index (χ3n) is 11.2. The summed E-state index contributed by atoms with van der Waals surface area (Å²) in [4.78, 5) is 33.1. The second kappa shape index (κ2) is 13.1. The van der Waals surface area contributed by atoms with E-state index in [0.29, 0.717) is 38.0 Å². The van der Waals surface area contributed by atoms with Crippen molar-refractivity contribution in [2.45, 2.75) is 103 Å². The van der Waals surface area contributed by atoms with Gasteiger partial charge in [-0.1, -0.05) is 12.1 Å². The van der Waals surface area contributed by atoms with E-state index in [-0.39, 0.29) is 34.8 Å². The molecule has 1 aromatic carbocycles. The predicted octanol–water partition coefficient (Wildman–Crippen LogP) is 7.38. The van der Waals surface area contributed by atoms with Gasteiger partial charge in [0.15, 0.2) is 0 Å². The number of carbonyl (C=O) groups excluding carboxylic acids is 2. The topological polar surface area (TPSA) is 98.6 Å². The van der Waals surface area contributed by atoms with Crippen LogP contribution in [0.25, 0.3) is 11.1 Å². The molecule has 0 saturated heterocycles. The SMILES string of the molecule is CNC(=O)OC1CCC(C(=O)N(CC23CCC(c4ccc(OC)c(C)c4)(CC2)CC3)c2cc(-c3cnn(C(C)C)c3)ccn2)CC1. The Balaban J connectivity index is 1.24. The first-order chi connectivity index (χ1) is 22.1. The molecular formula is C37H49N5O4. The molecule has 3 aromatic rings. The molecule has 7 rings (SSSR count). The van der Waals surface area contributed by atoms with Gasteiger partial charge in [0, 0.05) is 43.5 Å².